The zero-order chi connectivity index (χ0) is 15.7. The van der Waals surface area contributed by atoms with Crippen molar-refractivity contribution in [1.29, 1.82) is 0 Å². The Morgan fingerprint density at radius 1 is 1.32 bits per heavy atom. The topological polar surface area (TPSA) is 96.7 Å². The molecule has 0 spiro atoms. The van der Waals surface area contributed by atoms with Gasteiger partial charge in [-0.25, -0.2) is 0 Å². The molecule has 1 aliphatic heterocycles. The van der Waals surface area contributed by atoms with Crippen LogP contribution in [0.2, 0.25) is 0 Å². The van der Waals surface area contributed by atoms with Gasteiger partial charge in [0.1, 0.15) is 0 Å². The van der Waals surface area contributed by atoms with Crippen molar-refractivity contribution in [2.24, 2.45) is 22.4 Å². The van der Waals surface area contributed by atoms with Gasteiger partial charge in [0.15, 0.2) is 5.96 Å². The Morgan fingerprint density at radius 2 is 1.95 bits per heavy atom. The van der Waals surface area contributed by atoms with Crippen LogP contribution in [0.1, 0.15) is 46.0 Å². The molecule has 1 saturated heterocycles. The van der Waals surface area contributed by atoms with E-state index in [1.165, 1.54) is 0 Å². The van der Waals surface area contributed by atoms with Crippen molar-refractivity contribution < 1.29 is 4.79 Å². The lowest BCUT2D eigenvalue weighted by molar-refractivity contribution is -0.123. The van der Waals surface area contributed by atoms with Gasteiger partial charge in [-0.15, -0.1) is 24.0 Å². The number of nitrogens with one attached hydrogen (secondary N) is 1. The fourth-order valence-corrected chi connectivity index (χ4v) is 2.49. The third-order valence-corrected chi connectivity index (χ3v) is 4.16. The fraction of sp³-hybridized carbons (Fsp3) is 0.867. The first-order valence-electron chi connectivity index (χ1n) is 8.11. The molecule has 0 aromatic rings. The zero-order valence-electron chi connectivity index (χ0n) is 13.9. The summed E-state index contributed by atoms with van der Waals surface area (Å²) in [5.41, 5.74) is 11.1. The number of carbonyl (C=O) groups is 1. The Hall–Kier alpha value is -0.570. The molecule has 22 heavy (non-hydrogen) atoms. The lowest BCUT2D eigenvalue weighted by Crippen LogP contribution is -2.39. The second kappa shape index (κ2) is 11.9. The van der Waals surface area contributed by atoms with Gasteiger partial charge in [-0.05, 0) is 58.7 Å². The van der Waals surface area contributed by atoms with Crippen molar-refractivity contribution in [3.8, 4) is 0 Å². The van der Waals surface area contributed by atoms with Crippen LogP contribution in [-0.2, 0) is 4.79 Å². The quantitative estimate of drug-likeness (QED) is 0.236. The molecule has 1 fully saturated rings. The molecule has 1 unspecified atom stereocenters. The molecule has 1 rings (SSSR count). The molecule has 1 aliphatic rings. The maximum absolute atomic E-state index is 11.1. The van der Waals surface area contributed by atoms with Gasteiger partial charge >= 0.3 is 0 Å². The standard InChI is InChI=1S/C15H31N5O.HI/c1-3-12(2)19-15(17)18-8-4-5-9-20-10-6-13(7-11-20)14(16)21;/h12-13H,3-11H2,1-2H3,(H2,16,21)(H3,17,18,19);1H. The van der Waals surface area contributed by atoms with Crippen LogP contribution in [0.3, 0.4) is 0 Å². The van der Waals surface area contributed by atoms with Crippen molar-refractivity contribution in [3.63, 3.8) is 0 Å². The molecule has 1 atom stereocenters. The number of guanidine groups is 1. The molecule has 0 saturated carbocycles. The summed E-state index contributed by atoms with van der Waals surface area (Å²) in [7, 11) is 0. The van der Waals surface area contributed by atoms with Crippen LogP contribution in [0.15, 0.2) is 4.99 Å². The average molecular weight is 425 g/mol. The van der Waals surface area contributed by atoms with Crippen molar-refractivity contribution in [2.75, 3.05) is 26.2 Å². The fourth-order valence-electron chi connectivity index (χ4n) is 2.49. The highest BCUT2D eigenvalue weighted by Crippen LogP contribution is 2.16. The summed E-state index contributed by atoms with van der Waals surface area (Å²) in [6.07, 6.45) is 5.00. The first kappa shape index (κ1) is 21.4. The van der Waals surface area contributed by atoms with E-state index in [0.29, 0.717) is 12.0 Å². The molecule has 130 valence electrons. The second-order valence-corrected chi connectivity index (χ2v) is 5.95. The van der Waals surface area contributed by atoms with Gasteiger partial charge in [-0.1, -0.05) is 6.92 Å². The number of primary amides is 1. The number of nitrogens with two attached hydrogens (primary N) is 2. The minimum absolute atomic E-state index is 0. The predicted molar refractivity (Wildman–Crippen MR) is 102 cm³/mol. The molecule has 0 radical (unpaired) electrons. The van der Waals surface area contributed by atoms with Crippen LogP contribution in [0.25, 0.3) is 0 Å². The van der Waals surface area contributed by atoms with Crippen LogP contribution in [0.4, 0.5) is 0 Å². The van der Waals surface area contributed by atoms with Gasteiger partial charge in [0, 0.05) is 18.5 Å². The van der Waals surface area contributed by atoms with E-state index in [1.54, 1.807) is 0 Å². The highest BCUT2D eigenvalue weighted by Gasteiger charge is 2.22. The molecular formula is C15H32IN5O. The molecule has 1 heterocycles. The van der Waals surface area contributed by atoms with Crippen molar-refractivity contribution in [2.45, 2.75) is 52.0 Å². The highest BCUT2D eigenvalue weighted by atomic mass is 127. The molecular weight excluding hydrogens is 393 g/mol. The minimum Gasteiger partial charge on any atom is -0.370 e. The predicted octanol–water partition coefficient (Wildman–Crippen LogP) is 1.28. The lowest BCUT2D eigenvalue weighted by atomic mass is 9.96. The third kappa shape index (κ3) is 8.77. The average Bonchev–Trinajstić information content (AvgIpc) is 2.47. The Kier molecular flexibility index (Phi) is 11.6. The number of piperidine rings is 1. The highest BCUT2D eigenvalue weighted by molar-refractivity contribution is 14.0. The number of halogens is 1. The second-order valence-electron chi connectivity index (χ2n) is 5.95. The normalized spacial score (nSPS) is 18.5. The third-order valence-electron chi connectivity index (χ3n) is 4.16. The number of nitrogens with zero attached hydrogens (tertiary/aromatic N) is 2. The zero-order valence-corrected chi connectivity index (χ0v) is 16.2. The molecule has 5 N–H and O–H groups in total. The summed E-state index contributed by atoms with van der Waals surface area (Å²) < 4.78 is 0. The Bertz CT molecular complexity index is 343. The smallest absolute Gasteiger partial charge is 0.220 e. The van der Waals surface area contributed by atoms with Crippen LogP contribution >= 0.6 is 24.0 Å². The van der Waals surface area contributed by atoms with Crippen molar-refractivity contribution in [1.82, 2.24) is 10.2 Å². The summed E-state index contributed by atoms with van der Waals surface area (Å²) in [6.45, 7) is 8.01. The maximum atomic E-state index is 11.1. The minimum atomic E-state index is -0.145. The molecule has 0 bridgehead atoms. The summed E-state index contributed by atoms with van der Waals surface area (Å²) in [4.78, 5) is 17.8. The van der Waals surface area contributed by atoms with Gasteiger partial charge in [-0.2, -0.15) is 0 Å². The van der Waals surface area contributed by atoms with Crippen LogP contribution < -0.4 is 16.8 Å². The molecule has 0 aromatic carbocycles. The molecule has 0 aliphatic carbocycles. The molecule has 1 amide bonds. The number of likely N-dealkylation sites (tertiary alicyclic amines) is 1. The van der Waals surface area contributed by atoms with Gasteiger partial charge in [0.05, 0.1) is 0 Å². The van der Waals surface area contributed by atoms with E-state index in [1.807, 2.05) is 0 Å². The summed E-state index contributed by atoms with van der Waals surface area (Å²) >= 11 is 0. The van der Waals surface area contributed by atoms with Gasteiger partial charge in [-0.3, -0.25) is 9.79 Å². The number of carbonyl (C=O) groups excluding carboxylic acids is 1. The Morgan fingerprint density at radius 3 is 2.50 bits per heavy atom. The maximum Gasteiger partial charge on any atom is 0.220 e. The summed E-state index contributed by atoms with van der Waals surface area (Å²) in [5, 5.41) is 3.16. The van der Waals surface area contributed by atoms with Crippen LogP contribution in [0, 0.1) is 5.92 Å². The van der Waals surface area contributed by atoms with Crippen molar-refractivity contribution in [3.05, 3.63) is 0 Å². The van der Waals surface area contributed by atoms with Gasteiger partial charge < -0.3 is 21.7 Å². The summed E-state index contributed by atoms with van der Waals surface area (Å²) in [5.74, 6) is 0.483. The van der Waals surface area contributed by atoms with E-state index in [2.05, 4.69) is 29.1 Å². The first-order valence-corrected chi connectivity index (χ1v) is 8.11. The number of aliphatic imine (C=N–C) groups is 1. The lowest BCUT2D eigenvalue weighted by Gasteiger charge is -2.30. The van der Waals surface area contributed by atoms with E-state index in [-0.39, 0.29) is 35.8 Å². The van der Waals surface area contributed by atoms with Crippen LogP contribution in [0.5, 0.6) is 0 Å². The molecule has 0 aromatic heterocycles. The monoisotopic (exact) mass is 425 g/mol. The number of unbranched alkanes of at least 4 members (excludes halogenated alkanes) is 1. The number of amides is 1. The van der Waals surface area contributed by atoms with E-state index >= 15 is 0 Å². The van der Waals surface area contributed by atoms with Crippen LogP contribution in [-0.4, -0.2) is 49.0 Å². The number of hydrogen-bond acceptors (Lipinski definition) is 3. The Balaban J connectivity index is 0.00000441. The SMILES string of the molecule is CCC(C)NC(N)=NCCCCN1CCC(C(N)=O)CC1.I. The van der Waals surface area contributed by atoms with E-state index in [0.717, 1.165) is 58.3 Å². The number of rotatable bonds is 8. The largest absolute Gasteiger partial charge is 0.370 e. The van der Waals surface area contributed by atoms with Crippen molar-refractivity contribution >= 4 is 35.8 Å². The van der Waals surface area contributed by atoms with E-state index < -0.39 is 0 Å². The van der Waals surface area contributed by atoms with Gasteiger partial charge in [0.2, 0.25) is 5.91 Å². The van der Waals surface area contributed by atoms with Gasteiger partial charge in [0.25, 0.3) is 0 Å². The summed E-state index contributed by atoms with van der Waals surface area (Å²) in [6, 6.07) is 0.375. The van der Waals surface area contributed by atoms with E-state index in [9.17, 15) is 4.79 Å². The first-order chi connectivity index (χ1) is 10.0. The Labute approximate surface area is 151 Å². The van der Waals surface area contributed by atoms with E-state index in [4.69, 9.17) is 11.5 Å². The number of hydrogen-bond donors (Lipinski definition) is 3. The molecule has 7 heteroatoms. The molecule has 6 nitrogen and oxygen atoms in total.